The summed E-state index contributed by atoms with van der Waals surface area (Å²) in [5.41, 5.74) is 0. The lowest BCUT2D eigenvalue weighted by molar-refractivity contribution is 0.605. The van der Waals surface area contributed by atoms with Crippen LogP contribution in [0.4, 0.5) is 0 Å². The first kappa shape index (κ1) is 12.2. The van der Waals surface area contributed by atoms with Crippen LogP contribution in [0.15, 0.2) is 12.1 Å². The first-order chi connectivity index (χ1) is 6.59. The van der Waals surface area contributed by atoms with E-state index in [2.05, 4.69) is 12.2 Å². The number of hydrogen-bond donors (Lipinski definition) is 1. The lowest BCUT2D eigenvalue weighted by Gasteiger charge is -2.10. The third-order valence-corrected chi connectivity index (χ3v) is 4.05. The fraction of sp³-hybridized carbons (Fsp3) is 0.556. The molecule has 0 saturated heterocycles. The maximum absolute atomic E-state index is 10.8. The minimum atomic E-state index is -0.718. The van der Waals surface area contributed by atoms with Gasteiger partial charge in [0.15, 0.2) is 0 Å². The molecule has 80 valence electrons. The van der Waals surface area contributed by atoms with Crippen molar-refractivity contribution in [2.24, 2.45) is 0 Å². The quantitative estimate of drug-likeness (QED) is 0.871. The van der Waals surface area contributed by atoms with E-state index in [0.29, 0.717) is 5.75 Å². The van der Waals surface area contributed by atoms with E-state index in [0.717, 1.165) is 10.9 Å². The standard InChI is InChI=1S/C9H14ClNOS2/c1-7(11-5-6-14(2)12)8-3-4-9(10)13-8/h3-4,7,11H,5-6H2,1-2H3. The molecular formula is C9H14ClNOS2. The first-order valence-electron chi connectivity index (χ1n) is 4.38. The van der Waals surface area contributed by atoms with Gasteiger partial charge in [0.05, 0.1) is 4.34 Å². The highest BCUT2D eigenvalue weighted by Crippen LogP contribution is 2.26. The molecule has 0 aliphatic heterocycles. The minimum absolute atomic E-state index is 0.288. The molecule has 1 N–H and O–H groups in total. The highest BCUT2D eigenvalue weighted by atomic mass is 35.5. The second kappa shape index (κ2) is 5.85. The Morgan fingerprint density at radius 3 is 2.86 bits per heavy atom. The number of nitrogens with one attached hydrogen (secondary N) is 1. The van der Waals surface area contributed by atoms with Crippen LogP contribution in [0.3, 0.4) is 0 Å². The van der Waals surface area contributed by atoms with Crippen molar-refractivity contribution >= 4 is 33.7 Å². The first-order valence-corrected chi connectivity index (χ1v) is 7.30. The van der Waals surface area contributed by atoms with Crippen LogP contribution in [0, 0.1) is 0 Å². The van der Waals surface area contributed by atoms with Gasteiger partial charge in [-0.1, -0.05) is 11.6 Å². The fourth-order valence-corrected chi connectivity index (χ4v) is 2.57. The van der Waals surface area contributed by atoms with E-state index in [1.165, 1.54) is 4.88 Å². The highest BCUT2D eigenvalue weighted by molar-refractivity contribution is 7.84. The van der Waals surface area contributed by atoms with E-state index < -0.39 is 10.8 Å². The minimum Gasteiger partial charge on any atom is -0.309 e. The third-order valence-electron chi connectivity index (χ3n) is 1.86. The Morgan fingerprint density at radius 2 is 2.36 bits per heavy atom. The molecule has 0 amide bonds. The van der Waals surface area contributed by atoms with Crippen LogP contribution >= 0.6 is 22.9 Å². The monoisotopic (exact) mass is 251 g/mol. The third kappa shape index (κ3) is 4.09. The van der Waals surface area contributed by atoms with Crippen LogP contribution in [0.25, 0.3) is 0 Å². The molecule has 1 aromatic heterocycles. The molecule has 0 saturated carbocycles. The van der Waals surface area contributed by atoms with E-state index in [1.54, 1.807) is 17.6 Å². The van der Waals surface area contributed by atoms with Crippen molar-refractivity contribution in [3.63, 3.8) is 0 Å². The van der Waals surface area contributed by atoms with E-state index in [-0.39, 0.29) is 6.04 Å². The van der Waals surface area contributed by atoms with Gasteiger partial charge in [-0.3, -0.25) is 4.21 Å². The molecule has 1 aromatic rings. The summed E-state index contributed by atoms with van der Waals surface area (Å²) in [4.78, 5) is 1.22. The average Bonchev–Trinajstić information content (AvgIpc) is 2.51. The highest BCUT2D eigenvalue weighted by Gasteiger charge is 2.06. The van der Waals surface area contributed by atoms with Crippen LogP contribution in [0.1, 0.15) is 17.8 Å². The Labute approximate surface area is 96.1 Å². The van der Waals surface area contributed by atoms with Crippen molar-refractivity contribution in [2.75, 3.05) is 18.6 Å². The van der Waals surface area contributed by atoms with Crippen LogP contribution < -0.4 is 5.32 Å². The van der Waals surface area contributed by atoms with E-state index in [4.69, 9.17) is 11.6 Å². The smallest absolute Gasteiger partial charge is 0.0931 e. The Bertz CT molecular complexity index is 314. The molecule has 2 unspecified atom stereocenters. The summed E-state index contributed by atoms with van der Waals surface area (Å²) in [6, 6.07) is 4.21. The normalized spacial score (nSPS) is 15.4. The lowest BCUT2D eigenvalue weighted by atomic mass is 10.3. The Kier molecular flexibility index (Phi) is 5.09. The second-order valence-electron chi connectivity index (χ2n) is 3.10. The molecule has 0 radical (unpaired) electrons. The zero-order valence-electron chi connectivity index (χ0n) is 8.25. The van der Waals surface area contributed by atoms with E-state index >= 15 is 0 Å². The number of halogens is 1. The molecule has 0 aromatic carbocycles. The van der Waals surface area contributed by atoms with Gasteiger partial charge in [-0.15, -0.1) is 11.3 Å². The summed E-state index contributed by atoms with van der Waals surface area (Å²) < 4.78 is 11.6. The van der Waals surface area contributed by atoms with E-state index in [1.807, 2.05) is 12.1 Å². The van der Waals surface area contributed by atoms with Crippen molar-refractivity contribution < 1.29 is 4.21 Å². The summed E-state index contributed by atoms with van der Waals surface area (Å²) in [7, 11) is -0.718. The maximum Gasteiger partial charge on any atom is 0.0931 e. The van der Waals surface area contributed by atoms with Gasteiger partial charge in [0.1, 0.15) is 0 Å². The maximum atomic E-state index is 10.8. The molecule has 2 atom stereocenters. The Balaban J connectivity index is 2.35. The van der Waals surface area contributed by atoms with Crippen LogP contribution in [-0.4, -0.2) is 22.8 Å². The molecule has 1 heterocycles. The zero-order valence-corrected chi connectivity index (χ0v) is 10.6. The molecule has 1 rings (SSSR count). The van der Waals surface area contributed by atoms with Gasteiger partial charge in [0, 0.05) is 40.3 Å². The molecule has 0 aliphatic carbocycles. The summed E-state index contributed by atoms with van der Waals surface area (Å²) in [6.07, 6.45) is 1.72. The van der Waals surface area contributed by atoms with Gasteiger partial charge in [-0.05, 0) is 19.1 Å². The van der Waals surface area contributed by atoms with Gasteiger partial charge in [-0.25, -0.2) is 0 Å². The Hall–Kier alpha value is 0.1000. The lowest BCUT2D eigenvalue weighted by Crippen LogP contribution is -2.22. The van der Waals surface area contributed by atoms with Gasteiger partial charge < -0.3 is 5.32 Å². The molecule has 2 nitrogen and oxygen atoms in total. The largest absolute Gasteiger partial charge is 0.309 e. The van der Waals surface area contributed by atoms with Crippen molar-refractivity contribution in [1.29, 1.82) is 0 Å². The van der Waals surface area contributed by atoms with Gasteiger partial charge >= 0.3 is 0 Å². The molecule has 5 heteroatoms. The topological polar surface area (TPSA) is 29.1 Å². The number of rotatable bonds is 5. The summed E-state index contributed by atoms with van der Waals surface area (Å²) >= 11 is 7.41. The zero-order chi connectivity index (χ0) is 10.6. The molecule has 0 aliphatic rings. The molecule has 14 heavy (non-hydrogen) atoms. The number of hydrogen-bond acceptors (Lipinski definition) is 3. The van der Waals surface area contributed by atoms with Crippen LogP contribution in [0.2, 0.25) is 4.34 Å². The van der Waals surface area contributed by atoms with Crippen LogP contribution in [-0.2, 0) is 10.8 Å². The predicted octanol–water partition coefficient (Wildman–Crippen LogP) is 2.43. The molecular weight excluding hydrogens is 238 g/mol. The molecule has 0 spiro atoms. The summed E-state index contributed by atoms with van der Waals surface area (Å²) in [5.74, 6) is 0.698. The average molecular weight is 252 g/mol. The second-order valence-corrected chi connectivity index (χ2v) is 6.40. The van der Waals surface area contributed by atoms with Crippen molar-refractivity contribution in [3.05, 3.63) is 21.3 Å². The van der Waals surface area contributed by atoms with Crippen molar-refractivity contribution in [2.45, 2.75) is 13.0 Å². The van der Waals surface area contributed by atoms with Gasteiger partial charge in [0.2, 0.25) is 0 Å². The van der Waals surface area contributed by atoms with E-state index in [9.17, 15) is 4.21 Å². The van der Waals surface area contributed by atoms with Crippen LogP contribution in [0.5, 0.6) is 0 Å². The van der Waals surface area contributed by atoms with Gasteiger partial charge in [0.25, 0.3) is 0 Å². The Morgan fingerprint density at radius 1 is 1.64 bits per heavy atom. The predicted molar refractivity (Wildman–Crippen MR) is 64.7 cm³/mol. The fourth-order valence-electron chi connectivity index (χ4n) is 1.08. The summed E-state index contributed by atoms with van der Waals surface area (Å²) in [5, 5.41) is 3.30. The molecule has 0 bridgehead atoms. The van der Waals surface area contributed by atoms with Gasteiger partial charge in [-0.2, -0.15) is 0 Å². The SMILES string of the molecule is CC(NCCS(C)=O)c1ccc(Cl)s1. The molecule has 0 fully saturated rings. The van der Waals surface area contributed by atoms with Crippen molar-refractivity contribution in [1.82, 2.24) is 5.32 Å². The summed E-state index contributed by atoms with van der Waals surface area (Å²) in [6.45, 7) is 2.86. The number of thiophene rings is 1. The van der Waals surface area contributed by atoms with Crippen molar-refractivity contribution in [3.8, 4) is 0 Å².